The van der Waals surface area contributed by atoms with E-state index in [1.807, 2.05) is 0 Å². The predicted molar refractivity (Wildman–Crippen MR) is 45.6 cm³/mol. The zero-order valence-corrected chi connectivity index (χ0v) is 7.55. The van der Waals surface area contributed by atoms with Crippen LogP contribution in [-0.2, 0) is 6.54 Å². The summed E-state index contributed by atoms with van der Waals surface area (Å²) < 4.78 is 13.9. The maximum atomic E-state index is 12.8. The Hall–Kier alpha value is -1.50. The maximum Gasteiger partial charge on any atom is 0.342 e. The van der Waals surface area contributed by atoms with Gasteiger partial charge in [-0.2, -0.15) is 0 Å². The lowest BCUT2D eigenvalue weighted by atomic mass is 10.4. The van der Waals surface area contributed by atoms with Gasteiger partial charge in [-0.05, 0) is 4.92 Å². The van der Waals surface area contributed by atoms with Gasteiger partial charge in [0.05, 0.1) is 6.61 Å². The number of aliphatic hydroxyl groups is 1. The van der Waals surface area contributed by atoms with Gasteiger partial charge in [-0.3, -0.25) is 0 Å². The number of halogens is 1. The summed E-state index contributed by atoms with van der Waals surface area (Å²) in [4.78, 5) is 13.5. The van der Waals surface area contributed by atoms with Crippen LogP contribution in [0.4, 0.5) is 10.2 Å². The fraction of sp³-hybridized carbons (Fsp3) is 0.571. The van der Waals surface area contributed by atoms with Crippen LogP contribution in [-0.4, -0.2) is 32.4 Å². The Kier molecular flexibility index (Phi) is 3.13. The van der Waals surface area contributed by atoms with E-state index in [2.05, 4.69) is 4.98 Å². The van der Waals surface area contributed by atoms with Gasteiger partial charge in [-0.15, -0.1) is 0 Å². The zero-order chi connectivity index (χ0) is 10.7. The van der Waals surface area contributed by atoms with Crippen LogP contribution in [0.15, 0.2) is 6.20 Å². The Morgan fingerprint density at radius 1 is 1.86 bits per heavy atom. The van der Waals surface area contributed by atoms with E-state index in [1.54, 1.807) is 0 Å². The molecule has 0 bridgehead atoms. The first-order valence-corrected chi connectivity index (χ1v) is 3.97. The first-order chi connectivity index (χ1) is 6.56. The highest BCUT2D eigenvalue weighted by atomic mass is 19.1. The van der Waals surface area contributed by atoms with Crippen LogP contribution in [0.3, 0.4) is 0 Å². The molecule has 0 aliphatic carbocycles. The molecule has 1 heterocycles. The average Bonchev–Trinajstić information content (AvgIpc) is 2.48. The van der Waals surface area contributed by atoms with Gasteiger partial charge in [-0.1, -0.05) is 0 Å². The molecule has 0 aliphatic rings. The summed E-state index contributed by atoms with van der Waals surface area (Å²) in [6.45, 7) is 0.629. The van der Waals surface area contributed by atoms with Crippen molar-refractivity contribution in [1.29, 1.82) is 0 Å². The highest BCUT2D eigenvalue weighted by Gasteiger charge is 2.20. The highest BCUT2D eigenvalue weighted by Crippen LogP contribution is 2.14. The van der Waals surface area contributed by atoms with Gasteiger partial charge < -0.3 is 15.2 Å². The number of hydrogen-bond acceptors (Lipinski definition) is 4. The molecule has 1 N–H and O–H groups in total. The van der Waals surface area contributed by atoms with Crippen LogP contribution in [0.5, 0.6) is 0 Å². The van der Waals surface area contributed by atoms with Crippen LogP contribution in [0.2, 0.25) is 0 Å². The van der Waals surface area contributed by atoms with Crippen molar-refractivity contribution >= 4 is 5.82 Å². The van der Waals surface area contributed by atoms with Crippen molar-refractivity contribution in [3.63, 3.8) is 0 Å². The third-order valence-corrected chi connectivity index (χ3v) is 1.80. The third kappa shape index (κ3) is 2.05. The molecule has 1 aromatic heterocycles. The van der Waals surface area contributed by atoms with Crippen molar-refractivity contribution in [2.24, 2.45) is 0 Å². The quantitative estimate of drug-likeness (QED) is 0.568. The van der Waals surface area contributed by atoms with E-state index in [9.17, 15) is 14.5 Å². The van der Waals surface area contributed by atoms with Crippen molar-refractivity contribution < 1.29 is 14.4 Å². The highest BCUT2D eigenvalue weighted by molar-refractivity contribution is 5.18. The van der Waals surface area contributed by atoms with E-state index in [0.717, 1.165) is 10.8 Å². The molecule has 0 spiro atoms. The molecule has 1 atom stereocenters. The second-order valence-electron chi connectivity index (χ2n) is 2.81. The number of nitrogens with zero attached hydrogens (tertiary/aromatic N) is 3. The van der Waals surface area contributed by atoms with E-state index in [4.69, 9.17) is 5.11 Å². The fourth-order valence-corrected chi connectivity index (χ4v) is 1.08. The maximum absolute atomic E-state index is 12.8. The van der Waals surface area contributed by atoms with Gasteiger partial charge in [0.2, 0.25) is 0 Å². The minimum atomic E-state index is -1.51. The van der Waals surface area contributed by atoms with Crippen LogP contribution in [0.1, 0.15) is 5.82 Å². The largest absolute Gasteiger partial charge is 0.393 e. The van der Waals surface area contributed by atoms with Crippen LogP contribution < -0.4 is 0 Å². The van der Waals surface area contributed by atoms with Gasteiger partial charge in [0.15, 0.2) is 12.0 Å². The van der Waals surface area contributed by atoms with Gasteiger partial charge in [-0.25, -0.2) is 13.9 Å². The smallest absolute Gasteiger partial charge is 0.342 e. The summed E-state index contributed by atoms with van der Waals surface area (Å²) in [6.07, 6.45) is -0.444. The molecule has 0 amide bonds. The van der Waals surface area contributed by atoms with Crippen molar-refractivity contribution in [2.75, 3.05) is 6.61 Å². The SMILES string of the molecule is Cc1ncc([N+](=O)[O-])n1CC(F)CO. The predicted octanol–water partition coefficient (Wildman–Crippen LogP) is 0.430. The van der Waals surface area contributed by atoms with Crippen molar-refractivity contribution in [2.45, 2.75) is 19.6 Å². The first-order valence-electron chi connectivity index (χ1n) is 3.97. The number of nitro groups is 1. The van der Waals surface area contributed by atoms with Crippen molar-refractivity contribution in [3.05, 3.63) is 22.1 Å². The molecular weight excluding hydrogens is 193 g/mol. The van der Waals surface area contributed by atoms with E-state index in [0.29, 0.717) is 5.82 Å². The monoisotopic (exact) mass is 203 g/mol. The second-order valence-corrected chi connectivity index (χ2v) is 2.81. The fourth-order valence-electron chi connectivity index (χ4n) is 1.08. The molecule has 78 valence electrons. The third-order valence-electron chi connectivity index (χ3n) is 1.80. The number of hydrogen-bond donors (Lipinski definition) is 1. The molecule has 6 nitrogen and oxygen atoms in total. The zero-order valence-electron chi connectivity index (χ0n) is 7.55. The summed E-state index contributed by atoms with van der Waals surface area (Å²) in [5, 5.41) is 18.9. The van der Waals surface area contributed by atoms with Crippen LogP contribution in [0, 0.1) is 17.0 Å². The van der Waals surface area contributed by atoms with Crippen LogP contribution in [0.25, 0.3) is 0 Å². The van der Waals surface area contributed by atoms with Crippen molar-refractivity contribution in [1.82, 2.24) is 9.55 Å². The number of alkyl halides is 1. The Labute approximate surface area is 79.1 Å². The standard InChI is InChI=1S/C7H10FN3O3/c1-5-9-2-7(11(13)14)10(5)3-6(8)4-12/h2,6,12H,3-4H2,1H3. The Morgan fingerprint density at radius 3 is 3.00 bits per heavy atom. The summed E-state index contributed by atoms with van der Waals surface area (Å²) in [5.41, 5.74) is 0. The number of imidazole rings is 1. The van der Waals surface area contributed by atoms with Gasteiger partial charge in [0, 0.05) is 6.92 Å². The van der Waals surface area contributed by atoms with Gasteiger partial charge >= 0.3 is 5.82 Å². The normalized spacial score (nSPS) is 12.8. The Bertz CT molecular complexity index is 339. The Balaban J connectivity index is 2.93. The van der Waals surface area contributed by atoms with E-state index < -0.39 is 17.7 Å². The number of rotatable bonds is 4. The lowest BCUT2D eigenvalue weighted by molar-refractivity contribution is -0.392. The topological polar surface area (TPSA) is 81.2 Å². The molecule has 0 saturated heterocycles. The molecule has 0 fully saturated rings. The number of aliphatic hydroxyl groups excluding tert-OH is 1. The summed E-state index contributed by atoms with van der Waals surface area (Å²) >= 11 is 0. The van der Waals surface area contributed by atoms with Gasteiger partial charge in [0.25, 0.3) is 0 Å². The molecule has 0 aromatic carbocycles. The molecule has 0 aliphatic heterocycles. The summed E-state index contributed by atoms with van der Waals surface area (Å²) in [6, 6.07) is 0. The van der Waals surface area contributed by atoms with Crippen molar-refractivity contribution in [3.8, 4) is 0 Å². The minimum absolute atomic E-state index is 0.251. The molecular formula is C7H10FN3O3. The lowest BCUT2D eigenvalue weighted by Crippen LogP contribution is -2.17. The number of aryl methyl sites for hydroxylation is 1. The first kappa shape index (κ1) is 10.6. The lowest BCUT2D eigenvalue weighted by Gasteiger charge is -2.04. The molecule has 14 heavy (non-hydrogen) atoms. The molecule has 1 aromatic rings. The second kappa shape index (κ2) is 4.14. The molecule has 0 radical (unpaired) electrons. The molecule has 0 saturated carbocycles. The molecule has 1 unspecified atom stereocenters. The molecule has 1 rings (SSSR count). The minimum Gasteiger partial charge on any atom is -0.393 e. The van der Waals surface area contributed by atoms with E-state index in [1.165, 1.54) is 6.92 Å². The molecule has 7 heteroatoms. The number of aromatic nitrogens is 2. The van der Waals surface area contributed by atoms with E-state index >= 15 is 0 Å². The van der Waals surface area contributed by atoms with Crippen LogP contribution >= 0.6 is 0 Å². The van der Waals surface area contributed by atoms with E-state index in [-0.39, 0.29) is 12.4 Å². The summed E-state index contributed by atoms with van der Waals surface area (Å²) in [7, 11) is 0. The Morgan fingerprint density at radius 2 is 2.50 bits per heavy atom. The average molecular weight is 203 g/mol. The summed E-state index contributed by atoms with van der Waals surface area (Å²) in [5.74, 6) is 0.0893. The van der Waals surface area contributed by atoms with Gasteiger partial charge in [0.1, 0.15) is 12.7 Å².